The number of nitrogens with zero attached hydrogens (tertiary/aromatic N) is 2. The molecule has 1 fully saturated rings. The van der Waals surface area contributed by atoms with Crippen LogP contribution in [0.5, 0.6) is 0 Å². The van der Waals surface area contributed by atoms with E-state index in [-0.39, 0.29) is 42.4 Å². The minimum atomic E-state index is -0.243. The van der Waals surface area contributed by atoms with E-state index in [4.69, 9.17) is 16.9 Å². The van der Waals surface area contributed by atoms with Crippen molar-refractivity contribution in [1.82, 2.24) is 10.2 Å². The Balaban J connectivity index is 0.00000338. The maximum atomic E-state index is 11.9. The van der Waals surface area contributed by atoms with Crippen molar-refractivity contribution in [1.29, 1.82) is 0 Å². The van der Waals surface area contributed by atoms with Gasteiger partial charge in [0, 0.05) is 30.9 Å². The van der Waals surface area contributed by atoms with E-state index in [1.165, 1.54) is 0 Å². The molecule has 0 spiro atoms. The Labute approximate surface area is 171 Å². The van der Waals surface area contributed by atoms with Gasteiger partial charge in [0.05, 0.1) is 13.2 Å². The van der Waals surface area contributed by atoms with Crippen molar-refractivity contribution in [2.75, 3.05) is 51.3 Å². The number of halogens is 1. The molecule has 0 aliphatic carbocycles. The molecule has 0 aromatic heterocycles. The molecule has 142 valence electrons. The monoisotopic (exact) mass is 471 g/mol. The SMILES string of the molecule is C#Cc1cccc(NC(=O)CN=C(N)NCCCN2CCOCC2)c1.I. The van der Waals surface area contributed by atoms with Gasteiger partial charge in [0.1, 0.15) is 6.54 Å². The molecule has 1 amide bonds. The van der Waals surface area contributed by atoms with Crippen LogP contribution in [-0.4, -0.2) is 62.7 Å². The van der Waals surface area contributed by atoms with Crippen molar-refractivity contribution in [3.05, 3.63) is 29.8 Å². The Hall–Kier alpha value is -1.83. The molecule has 1 aromatic rings. The van der Waals surface area contributed by atoms with Gasteiger partial charge < -0.3 is 21.1 Å². The molecule has 26 heavy (non-hydrogen) atoms. The number of anilines is 1. The van der Waals surface area contributed by atoms with Crippen molar-refractivity contribution in [2.45, 2.75) is 6.42 Å². The molecule has 1 saturated heterocycles. The average Bonchev–Trinajstić information content (AvgIpc) is 2.64. The molecule has 1 heterocycles. The number of carbonyl (C=O) groups excluding carboxylic acids is 1. The van der Waals surface area contributed by atoms with Gasteiger partial charge >= 0.3 is 0 Å². The van der Waals surface area contributed by atoms with E-state index in [0.717, 1.165) is 45.8 Å². The third-order valence-corrected chi connectivity index (χ3v) is 3.77. The van der Waals surface area contributed by atoms with Crippen LogP contribution < -0.4 is 16.4 Å². The fourth-order valence-corrected chi connectivity index (χ4v) is 2.44. The molecule has 0 atom stereocenters. The van der Waals surface area contributed by atoms with Crippen molar-refractivity contribution in [3.63, 3.8) is 0 Å². The Kier molecular flexibility index (Phi) is 10.7. The van der Waals surface area contributed by atoms with Crippen LogP contribution in [0, 0.1) is 12.3 Å². The fraction of sp³-hybridized carbons (Fsp3) is 0.444. The number of guanidine groups is 1. The van der Waals surface area contributed by atoms with Gasteiger partial charge in [-0.3, -0.25) is 9.69 Å². The lowest BCUT2D eigenvalue weighted by Crippen LogP contribution is -2.39. The minimum absolute atomic E-state index is 0. The first-order chi connectivity index (χ1) is 12.2. The second-order valence-corrected chi connectivity index (χ2v) is 5.71. The molecule has 2 rings (SSSR count). The number of hydrogen-bond acceptors (Lipinski definition) is 4. The first kappa shape index (κ1) is 22.2. The molecule has 1 aliphatic rings. The maximum Gasteiger partial charge on any atom is 0.246 e. The molecule has 1 aliphatic heterocycles. The fourth-order valence-electron chi connectivity index (χ4n) is 2.44. The normalized spacial score (nSPS) is 14.8. The highest BCUT2D eigenvalue weighted by atomic mass is 127. The summed E-state index contributed by atoms with van der Waals surface area (Å²) < 4.78 is 5.31. The van der Waals surface area contributed by atoms with Gasteiger partial charge in [0.15, 0.2) is 5.96 Å². The minimum Gasteiger partial charge on any atom is -0.379 e. The standard InChI is InChI=1S/C18H25N5O2.HI/c1-2-15-5-3-6-16(13-15)22-17(24)14-21-18(19)20-7-4-8-23-9-11-25-12-10-23;/h1,3,5-6,13H,4,7-12,14H2,(H,22,24)(H3,19,20,21);1H. The van der Waals surface area contributed by atoms with Crippen LogP contribution in [-0.2, 0) is 9.53 Å². The van der Waals surface area contributed by atoms with Gasteiger partial charge in [-0.25, -0.2) is 4.99 Å². The highest BCUT2D eigenvalue weighted by Gasteiger charge is 2.09. The van der Waals surface area contributed by atoms with E-state index >= 15 is 0 Å². The van der Waals surface area contributed by atoms with Crippen LogP contribution in [0.25, 0.3) is 0 Å². The lowest BCUT2D eigenvalue weighted by Gasteiger charge is -2.26. The number of nitrogens with one attached hydrogen (secondary N) is 2. The molecule has 8 heteroatoms. The summed E-state index contributed by atoms with van der Waals surface area (Å²) in [5.74, 6) is 2.55. The van der Waals surface area contributed by atoms with Crippen LogP contribution in [0.1, 0.15) is 12.0 Å². The largest absolute Gasteiger partial charge is 0.379 e. The van der Waals surface area contributed by atoms with E-state index in [1.807, 2.05) is 0 Å². The number of rotatable bonds is 7. The first-order valence-electron chi connectivity index (χ1n) is 8.38. The van der Waals surface area contributed by atoms with Gasteiger partial charge in [-0.1, -0.05) is 12.0 Å². The summed E-state index contributed by atoms with van der Waals surface area (Å²) in [6.07, 6.45) is 6.29. The van der Waals surface area contributed by atoms with Crippen molar-refractivity contribution in [3.8, 4) is 12.3 Å². The van der Waals surface area contributed by atoms with Crippen LogP contribution >= 0.6 is 24.0 Å². The predicted molar refractivity (Wildman–Crippen MR) is 115 cm³/mol. The smallest absolute Gasteiger partial charge is 0.246 e. The van der Waals surface area contributed by atoms with E-state index in [0.29, 0.717) is 11.3 Å². The number of aliphatic imine (C=N–C) groups is 1. The second-order valence-electron chi connectivity index (χ2n) is 5.71. The molecule has 4 N–H and O–H groups in total. The Morgan fingerprint density at radius 1 is 1.38 bits per heavy atom. The molecule has 0 bridgehead atoms. The number of benzene rings is 1. The lowest BCUT2D eigenvalue weighted by molar-refractivity contribution is -0.114. The zero-order valence-electron chi connectivity index (χ0n) is 14.7. The third kappa shape index (κ3) is 8.51. The van der Waals surface area contributed by atoms with Crippen molar-refractivity contribution in [2.24, 2.45) is 10.7 Å². The third-order valence-electron chi connectivity index (χ3n) is 3.77. The molecule has 7 nitrogen and oxygen atoms in total. The number of amides is 1. The maximum absolute atomic E-state index is 11.9. The summed E-state index contributed by atoms with van der Waals surface area (Å²) in [6, 6.07) is 7.09. The molecule has 1 aromatic carbocycles. The zero-order valence-corrected chi connectivity index (χ0v) is 17.1. The number of carbonyl (C=O) groups is 1. The van der Waals surface area contributed by atoms with Crippen LogP contribution in [0.15, 0.2) is 29.3 Å². The topological polar surface area (TPSA) is 92.0 Å². The number of nitrogens with two attached hydrogens (primary N) is 1. The van der Waals surface area contributed by atoms with E-state index < -0.39 is 0 Å². The first-order valence-corrected chi connectivity index (χ1v) is 8.38. The van der Waals surface area contributed by atoms with E-state index in [9.17, 15) is 4.79 Å². The molecule has 0 saturated carbocycles. The molecule has 0 radical (unpaired) electrons. The Morgan fingerprint density at radius 3 is 2.88 bits per heavy atom. The summed E-state index contributed by atoms with van der Waals surface area (Å²) in [4.78, 5) is 18.3. The van der Waals surface area contributed by atoms with E-state index in [2.05, 4.69) is 26.4 Å². The van der Waals surface area contributed by atoms with Crippen LogP contribution in [0.2, 0.25) is 0 Å². The predicted octanol–water partition coefficient (Wildman–Crippen LogP) is 0.851. The zero-order chi connectivity index (χ0) is 17.9. The van der Waals surface area contributed by atoms with Gasteiger partial charge in [-0.05, 0) is 31.2 Å². The van der Waals surface area contributed by atoms with E-state index in [1.54, 1.807) is 24.3 Å². The lowest BCUT2D eigenvalue weighted by atomic mass is 10.2. The average molecular weight is 471 g/mol. The number of hydrogen-bond donors (Lipinski definition) is 3. The Bertz CT molecular complexity index is 639. The van der Waals surface area contributed by atoms with Gasteiger partial charge in [0.25, 0.3) is 0 Å². The van der Waals surface area contributed by atoms with Crippen LogP contribution in [0.4, 0.5) is 5.69 Å². The number of morpholine rings is 1. The summed E-state index contributed by atoms with van der Waals surface area (Å²) in [6.45, 7) is 5.23. The van der Waals surface area contributed by atoms with Crippen molar-refractivity contribution >= 4 is 41.5 Å². The molecule has 0 unspecified atom stereocenters. The molecular weight excluding hydrogens is 445 g/mol. The quantitative estimate of drug-likeness (QED) is 0.180. The summed E-state index contributed by atoms with van der Waals surface area (Å²) in [5, 5.41) is 5.76. The van der Waals surface area contributed by atoms with Gasteiger partial charge in [0.2, 0.25) is 5.91 Å². The molecular formula is C18H26IN5O2. The van der Waals surface area contributed by atoms with Crippen molar-refractivity contribution < 1.29 is 9.53 Å². The summed E-state index contributed by atoms with van der Waals surface area (Å²) >= 11 is 0. The van der Waals surface area contributed by atoms with Gasteiger partial charge in [-0.15, -0.1) is 30.4 Å². The summed E-state index contributed by atoms with van der Waals surface area (Å²) in [5.41, 5.74) is 7.14. The highest BCUT2D eigenvalue weighted by Crippen LogP contribution is 2.09. The summed E-state index contributed by atoms with van der Waals surface area (Å²) in [7, 11) is 0. The Morgan fingerprint density at radius 2 is 2.15 bits per heavy atom. The van der Waals surface area contributed by atoms with Crippen LogP contribution in [0.3, 0.4) is 0 Å². The number of terminal acetylenes is 1. The number of ether oxygens (including phenoxy) is 1. The van der Waals surface area contributed by atoms with Gasteiger partial charge in [-0.2, -0.15) is 0 Å². The second kappa shape index (κ2) is 12.5. The highest BCUT2D eigenvalue weighted by molar-refractivity contribution is 14.0.